The van der Waals surface area contributed by atoms with Gasteiger partial charge in [-0.3, -0.25) is 4.79 Å². The quantitative estimate of drug-likeness (QED) is 0.763. The molecule has 20 heavy (non-hydrogen) atoms. The Morgan fingerprint density at radius 2 is 2.05 bits per heavy atom. The van der Waals surface area contributed by atoms with Gasteiger partial charge in [-0.25, -0.2) is 4.39 Å². The van der Waals surface area contributed by atoms with Crippen molar-refractivity contribution in [1.82, 2.24) is 9.88 Å². The lowest BCUT2D eigenvalue weighted by Gasteiger charge is -2.05. The van der Waals surface area contributed by atoms with Crippen molar-refractivity contribution < 1.29 is 9.50 Å². The second-order valence-electron chi connectivity index (χ2n) is 4.99. The van der Waals surface area contributed by atoms with Gasteiger partial charge in [0, 0.05) is 28.3 Å². The Balaban J connectivity index is 2.39. The van der Waals surface area contributed by atoms with Gasteiger partial charge in [-0.05, 0) is 26.2 Å². The highest BCUT2D eigenvalue weighted by Crippen LogP contribution is 2.34. The second kappa shape index (κ2) is 4.57. The number of aromatic amines is 1. The van der Waals surface area contributed by atoms with E-state index in [4.69, 9.17) is 0 Å². The van der Waals surface area contributed by atoms with Gasteiger partial charge in [0.2, 0.25) is 0 Å². The van der Waals surface area contributed by atoms with Gasteiger partial charge >= 0.3 is 0 Å². The van der Waals surface area contributed by atoms with Gasteiger partial charge < -0.3 is 15.0 Å². The van der Waals surface area contributed by atoms with Crippen LogP contribution in [-0.4, -0.2) is 29.1 Å². The third kappa shape index (κ3) is 2.07. The van der Waals surface area contributed by atoms with Crippen molar-refractivity contribution in [3.05, 3.63) is 39.2 Å². The predicted octanol–water partition coefficient (Wildman–Crippen LogP) is 2.65. The van der Waals surface area contributed by atoms with Gasteiger partial charge in [0.05, 0.1) is 5.39 Å². The van der Waals surface area contributed by atoms with Gasteiger partial charge in [-0.1, -0.05) is 0 Å². The molecule has 0 spiro atoms. The Hall–Kier alpha value is -1.92. The number of hydrogen-bond acceptors (Lipinski definition) is 4. The summed E-state index contributed by atoms with van der Waals surface area (Å²) in [5, 5.41) is 11.3. The lowest BCUT2D eigenvalue weighted by molar-refractivity contribution is 0.406. The van der Waals surface area contributed by atoms with Crippen LogP contribution in [0.15, 0.2) is 23.0 Å². The molecule has 0 fully saturated rings. The summed E-state index contributed by atoms with van der Waals surface area (Å²) in [6.07, 6.45) is 0. The lowest BCUT2D eigenvalue weighted by atomic mass is 10.1. The average Bonchev–Trinajstić information content (AvgIpc) is 2.69. The molecule has 0 radical (unpaired) electrons. The van der Waals surface area contributed by atoms with E-state index >= 15 is 0 Å². The van der Waals surface area contributed by atoms with Crippen molar-refractivity contribution in [2.75, 3.05) is 14.1 Å². The minimum absolute atomic E-state index is 0.171. The largest absolute Gasteiger partial charge is 0.507 e. The van der Waals surface area contributed by atoms with Crippen molar-refractivity contribution in [2.24, 2.45) is 0 Å². The Labute approximate surface area is 118 Å². The summed E-state index contributed by atoms with van der Waals surface area (Å²) in [7, 11) is 3.91. The number of pyridine rings is 1. The topological polar surface area (TPSA) is 56.3 Å². The minimum Gasteiger partial charge on any atom is -0.507 e. The van der Waals surface area contributed by atoms with Gasteiger partial charge in [0.15, 0.2) is 0 Å². The highest BCUT2D eigenvalue weighted by molar-refractivity contribution is 7.18. The Kier molecular flexibility index (Phi) is 2.99. The maximum Gasteiger partial charge on any atom is 0.257 e. The van der Waals surface area contributed by atoms with Crippen LogP contribution in [0.4, 0.5) is 4.39 Å². The number of nitrogens with one attached hydrogen (secondary N) is 1. The summed E-state index contributed by atoms with van der Waals surface area (Å²) in [6, 6.07) is 4.11. The van der Waals surface area contributed by atoms with Crippen LogP contribution in [-0.2, 0) is 6.54 Å². The van der Waals surface area contributed by atoms with Crippen molar-refractivity contribution >= 4 is 32.3 Å². The molecule has 104 valence electrons. The zero-order valence-electron chi connectivity index (χ0n) is 11.0. The zero-order valence-corrected chi connectivity index (χ0v) is 11.8. The fourth-order valence-corrected chi connectivity index (χ4v) is 3.51. The summed E-state index contributed by atoms with van der Waals surface area (Å²) >= 11 is 1.47. The van der Waals surface area contributed by atoms with E-state index in [0.29, 0.717) is 10.2 Å². The van der Waals surface area contributed by atoms with Gasteiger partial charge in [0.1, 0.15) is 16.4 Å². The Morgan fingerprint density at radius 3 is 2.75 bits per heavy atom. The van der Waals surface area contributed by atoms with Crippen LogP contribution in [0, 0.1) is 5.82 Å². The van der Waals surface area contributed by atoms with Crippen molar-refractivity contribution in [2.45, 2.75) is 6.54 Å². The summed E-state index contributed by atoms with van der Waals surface area (Å²) in [4.78, 5) is 18.5. The fourth-order valence-electron chi connectivity index (χ4n) is 2.34. The number of halogens is 1. The molecule has 0 atom stereocenters. The first-order valence-corrected chi connectivity index (χ1v) is 6.89. The predicted molar refractivity (Wildman–Crippen MR) is 79.0 cm³/mol. The van der Waals surface area contributed by atoms with Gasteiger partial charge in [0.25, 0.3) is 5.56 Å². The average molecular weight is 292 g/mol. The summed E-state index contributed by atoms with van der Waals surface area (Å²) in [6.45, 7) is 0.741. The third-order valence-electron chi connectivity index (χ3n) is 3.08. The van der Waals surface area contributed by atoms with E-state index in [1.54, 1.807) is 0 Å². The maximum atomic E-state index is 13.3. The number of nitrogens with zero attached hydrogens (tertiary/aromatic N) is 1. The second-order valence-corrected chi connectivity index (χ2v) is 6.13. The summed E-state index contributed by atoms with van der Waals surface area (Å²) in [5.74, 6) is -0.825. The molecule has 0 amide bonds. The van der Waals surface area contributed by atoms with Crippen LogP contribution in [0.25, 0.3) is 21.0 Å². The summed E-state index contributed by atoms with van der Waals surface area (Å²) in [5.41, 5.74) is -0.388. The number of aromatic hydroxyl groups is 1. The number of aromatic nitrogens is 1. The SMILES string of the molecule is CN(C)Cc1cc2c([nH]c(=O)c3cc(F)cc(O)c32)s1. The molecule has 0 saturated heterocycles. The fraction of sp³-hybridized carbons (Fsp3) is 0.214. The van der Waals surface area contributed by atoms with Crippen LogP contribution in [0.1, 0.15) is 4.88 Å². The summed E-state index contributed by atoms with van der Waals surface area (Å²) < 4.78 is 13.3. The van der Waals surface area contributed by atoms with Crippen molar-refractivity contribution in [3.8, 4) is 5.75 Å². The van der Waals surface area contributed by atoms with Crippen LogP contribution in [0.5, 0.6) is 5.75 Å². The molecule has 2 N–H and O–H groups in total. The molecule has 0 aliphatic carbocycles. The minimum atomic E-state index is -0.622. The van der Waals surface area contributed by atoms with E-state index in [1.807, 2.05) is 25.1 Å². The van der Waals surface area contributed by atoms with Crippen LogP contribution < -0.4 is 5.56 Å². The molecule has 1 aromatic carbocycles. The van der Waals surface area contributed by atoms with E-state index in [1.165, 1.54) is 11.3 Å². The molecule has 0 saturated carbocycles. The number of hydrogen-bond donors (Lipinski definition) is 2. The van der Waals surface area contributed by atoms with Crippen molar-refractivity contribution in [1.29, 1.82) is 0 Å². The van der Waals surface area contributed by atoms with Crippen LogP contribution in [0.3, 0.4) is 0 Å². The monoisotopic (exact) mass is 292 g/mol. The molecule has 3 rings (SSSR count). The normalized spacial score (nSPS) is 11.8. The zero-order chi connectivity index (χ0) is 14.4. The molecule has 0 unspecified atom stereocenters. The smallest absolute Gasteiger partial charge is 0.257 e. The van der Waals surface area contributed by atoms with E-state index in [0.717, 1.165) is 28.9 Å². The Bertz CT molecular complexity index is 867. The number of phenols is 1. The molecular formula is C14H13FN2O2S. The molecular weight excluding hydrogens is 279 g/mol. The Morgan fingerprint density at radius 1 is 1.30 bits per heavy atom. The molecule has 2 heterocycles. The van der Waals surface area contributed by atoms with Crippen LogP contribution in [0.2, 0.25) is 0 Å². The molecule has 4 nitrogen and oxygen atoms in total. The molecule has 3 aromatic rings. The van der Waals surface area contributed by atoms with E-state index in [2.05, 4.69) is 4.98 Å². The number of benzene rings is 1. The van der Waals surface area contributed by atoms with Crippen LogP contribution >= 0.6 is 11.3 Å². The van der Waals surface area contributed by atoms with E-state index < -0.39 is 5.82 Å². The third-order valence-corrected chi connectivity index (χ3v) is 4.11. The first-order valence-electron chi connectivity index (χ1n) is 6.07. The highest BCUT2D eigenvalue weighted by atomic mass is 32.1. The maximum absolute atomic E-state index is 13.3. The number of thiophene rings is 1. The van der Waals surface area contributed by atoms with E-state index in [9.17, 15) is 14.3 Å². The molecule has 2 aromatic heterocycles. The van der Waals surface area contributed by atoms with Gasteiger partial charge in [-0.15, -0.1) is 11.3 Å². The molecule has 0 aliphatic rings. The first-order chi connectivity index (χ1) is 9.45. The highest BCUT2D eigenvalue weighted by Gasteiger charge is 2.14. The molecule has 6 heteroatoms. The number of phenolic OH excluding ortho intramolecular Hbond substituents is 1. The lowest BCUT2D eigenvalue weighted by Crippen LogP contribution is -2.09. The standard InChI is InChI=1S/C14H13FN2O2S/c1-17(2)6-8-5-10-12-9(3-7(15)4-11(12)18)13(19)16-14(10)20-8/h3-5,18H,6H2,1-2H3,(H,16,19). The molecule has 0 bridgehead atoms. The molecule has 0 aliphatic heterocycles. The van der Waals surface area contributed by atoms with Gasteiger partial charge in [-0.2, -0.15) is 0 Å². The number of H-pyrrole nitrogens is 1. The first kappa shape index (κ1) is 13.1. The van der Waals surface area contributed by atoms with E-state index in [-0.39, 0.29) is 16.7 Å². The number of rotatable bonds is 2. The van der Waals surface area contributed by atoms with Crippen molar-refractivity contribution in [3.63, 3.8) is 0 Å². The number of fused-ring (bicyclic) bond motifs is 3.